The summed E-state index contributed by atoms with van der Waals surface area (Å²) >= 11 is 0. The van der Waals surface area contributed by atoms with Crippen LogP contribution in [-0.4, -0.2) is 12.6 Å². The molecule has 0 aliphatic rings. The van der Waals surface area contributed by atoms with Crippen molar-refractivity contribution >= 4 is 5.97 Å². The molecule has 0 atom stereocenters. The van der Waals surface area contributed by atoms with Crippen LogP contribution in [0.4, 0.5) is 0 Å². The van der Waals surface area contributed by atoms with Crippen LogP contribution >= 0.6 is 0 Å². The largest absolute Gasteiger partial charge is 0.461 e. The quantitative estimate of drug-likeness (QED) is 0.168. The average Bonchev–Trinajstić information content (AvgIpc) is 2.56. The normalized spacial score (nSPS) is 11.0. The van der Waals surface area contributed by atoms with E-state index < -0.39 is 0 Å². The number of carbonyl (C=O) groups is 1. The van der Waals surface area contributed by atoms with Gasteiger partial charge in [-0.3, -0.25) is 4.79 Å². The molecule has 0 fully saturated rings. The van der Waals surface area contributed by atoms with E-state index in [1.54, 1.807) is 6.08 Å². The zero-order chi connectivity index (χ0) is 17.0. The SMILES string of the molecule is C=CCOC(=O)CCCCCCC/C=C\CCCCCCCC. The van der Waals surface area contributed by atoms with E-state index in [1.165, 1.54) is 70.6 Å². The molecule has 2 nitrogen and oxygen atoms in total. The third-order valence-corrected chi connectivity index (χ3v) is 4.00. The summed E-state index contributed by atoms with van der Waals surface area (Å²) in [5, 5.41) is 0. The van der Waals surface area contributed by atoms with Gasteiger partial charge in [0, 0.05) is 6.42 Å². The van der Waals surface area contributed by atoms with Crippen molar-refractivity contribution in [2.75, 3.05) is 6.61 Å². The third kappa shape index (κ3) is 18.9. The average molecular weight is 323 g/mol. The Morgan fingerprint density at radius 3 is 1.91 bits per heavy atom. The Labute approximate surface area is 144 Å². The molecule has 0 rings (SSSR count). The van der Waals surface area contributed by atoms with Gasteiger partial charge in [-0.25, -0.2) is 0 Å². The number of unbranched alkanes of at least 4 members (excludes halogenated alkanes) is 11. The van der Waals surface area contributed by atoms with Gasteiger partial charge in [-0.1, -0.05) is 83.1 Å². The van der Waals surface area contributed by atoms with Crippen LogP contribution in [0, 0.1) is 0 Å². The number of esters is 1. The molecule has 0 N–H and O–H groups in total. The summed E-state index contributed by atoms with van der Waals surface area (Å²) in [6, 6.07) is 0. The van der Waals surface area contributed by atoms with Gasteiger partial charge in [0.05, 0.1) is 0 Å². The predicted molar refractivity (Wildman–Crippen MR) is 101 cm³/mol. The van der Waals surface area contributed by atoms with Crippen LogP contribution < -0.4 is 0 Å². The van der Waals surface area contributed by atoms with Gasteiger partial charge in [0.25, 0.3) is 0 Å². The van der Waals surface area contributed by atoms with Crippen molar-refractivity contribution < 1.29 is 9.53 Å². The number of allylic oxidation sites excluding steroid dienone is 2. The molecule has 0 heterocycles. The molecular formula is C21H38O2. The van der Waals surface area contributed by atoms with Crippen molar-refractivity contribution in [3.63, 3.8) is 0 Å². The van der Waals surface area contributed by atoms with Crippen LogP contribution in [-0.2, 0) is 9.53 Å². The molecule has 134 valence electrons. The van der Waals surface area contributed by atoms with Crippen molar-refractivity contribution in [2.45, 2.75) is 96.8 Å². The fraction of sp³-hybridized carbons (Fsp3) is 0.762. The van der Waals surface area contributed by atoms with Gasteiger partial charge in [0.1, 0.15) is 6.61 Å². The summed E-state index contributed by atoms with van der Waals surface area (Å²) in [6.45, 7) is 6.13. The molecule has 0 saturated heterocycles. The Balaban J connectivity index is 3.16. The van der Waals surface area contributed by atoms with Crippen LogP contribution in [0.2, 0.25) is 0 Å². The number of rotatable bonds is 17. The van der Waals surface area contributed by atoms with E-state index in [4.69, 9.17) is 4.74 Å². The second-order valence-corrected chi connectivity index (χ2v) is 6.31. The van der Waals surface area contributed by atoms with E-state index in [0.717, 1.165) is 12.8 Å². The highest BCUT2D eigenvalue weighted by atomic mass is 16.5. The van der Waals surface area contributed by atoms with E-state index in [2.05, 4.69) is 25.7 Å². The summed E-state index contributed by atoms with van der Waals surface area (Å²) in [7, 11) is 0. The lowest BCUT2D eigenvalue weighted by molar-refractivity contribution is -0.142. The Morgan fingerprint density at radius 2 is 1.35 bits per heavy atom. The summed E-state index contributed by atoms with van der Waals surface area (Å²) < 4.78 is 4.94. The molecule has 0 saturated carbocycles. The van der Waals surface area contributed by atoms with Crippen LogP contribution in [0.5, 0.6) is 0 Å². The summed E-state index contributed by atoms with van der Waals surface area (Å²) in [5.74, 6) is -0.0949. The highest BCUT2D eigenvalue weighted by Crippen LogP contribution is 2.10. The molecule has 0 amide bonds. The minimum Gasteiger partial charge on any atom is -0.461 e. The lowest BCUT2D eigenvalue weighted by Gasteiger charge is -2.02. The van der Waals surface area contributed by atoms with Crippen molar-refractivity contribution in [1.29, 1.82) is 0 Å². The lowest BCUT2D eigenvalue weighted by Crippen LogP contribution is -2.03. The van der Waals surface area contributed by atoms with Gasteiger partial charge in [-0.05, 0) is 32.1 Å². The van der Waals surface area contributed by atoms with Crippen molar-refractivity contribution in [3.05, 3.63) is 24.8 Å². The highest BCUT2D eigenvalue weighted by molar-refractivity contribution is 5.69. The van der Waals surface area contributed by atoms with Crippen LogP contribution in [0.25, 0.3) is 0 Å². The van der Waals surface area contributed by atoms with E-state index in [0.29, 0.717) is 13.0 Å². The zero-order valence-corrected chi connectivity index (χ0v) is 15.4. The van der Waals surface area contributed by atoms with Crippen molar-refractivity contribution in [2.24, 2.45) is 0 Å². The van der Waals surface area contributed by atoms with E-state index in [-0.39, 0.29) is 5.97 Å². The van der Waals surface area contributed by atoms with Gasteiger partial charge < -0.3 is 4.74 Å². The smallest absolute Gasteiger partial charge is 0.306 e. The highest BCUT2D eigenvalue weighted by Gasteiger charge is 2.00. The first kappa shape index (κ1) is 21.9. The molecule has 0 aromatic carbocycles. The fourth-order valence-electron chi connectivity index (χ4n) is 2.56. The molecule has 0 spiro atoms. The Bertz CT molecular complexity index is 294. The predicted octanol–water partition coefficient (Wildman–Crippen LogP) is 6.75. The van der Waals surface area contributed by atoms with Gasteiger partial charge in [-0.15, -0.1) is 0 Å². The zero-order valence-electron chi connectivity index (χ0n) is 15.4. The first-order valence-corrected chi connectivity index (χ1v) is 9.72. The number of ether oxygens (including phenoxy) is 1. The maximum absolute atomic E-state index is 11.3. The van der Waals surface area contributed by atoms with E-state index in [9.17, 15) is 4.79 Å². The number of hydrogen-bond donors (Lipinski definition) is 0. The Kier molecular flexibility index (Phi) is 18.1. The molecule has 0 aliphatic heterocycles. The molecule has 2 heteroatoms. The number of hydrogen-bond acceptors (Lipinski definition) is 2. The van der Waals surface area contributed by atoms with Crippen LogP contribution in [0.15, 0.2) is 24.8 Å². The molecular weight excluding hydrogens is 284 g/mol. The summed E-state index contributed by atoms with van der Waals surface area (Å²) in [5.41, 5.74) is 0. The molecule has 0 aromatic heterocycles. The molecule has 0 aliphatic carbocycles. The van der Waals surface area contributed by atoms with E-state index >= 15 is 0 Å². The maximum Gasteiger partial charge on any atom is 0.306 e. The van der Waals surface area contributed by atoms with E-state index in [1.807, 2.05) is 0 Å². The van der Waals surface area contributed by atoms with Gasteiger partial charge >= 0.3 is 5.97 Å². The Hall–Kier alpha value is -1.05. The molecule has 0 bridgehead atoms. The lowest BCUT2D eigenvalue weighted by atomic mass is 10.1. The van der Waals surface area contributed by atoms with Crippen LogP contribution in [0.1, 0.15) is 96.8 Å². The van der Waals surface area contributed by atoms with Crippen LogP contribution in [0.3, 0.4) is 0 Å². The second kappa shape index (κ2) is 19.0. The minimum atomic E-state index is -0.0949. The third-order valence-electron chi connectivity index (χ3n) is 4.00. The molecule has 23 heavy (non-hydrogen) atoms. The van der Waals surface area contributed by atoms with Gasteiger partial charge in [0.2, 0.25) is 0 Å². The first-order chi connectivity index (χ1) is 11.3. The fourth-order valence-corrected chi connectivity index (χ4v) is 2.56. The number of carbonyl (C=O) groups excluding carboxylic acids is 1. The molecule has 0 unspecified atom stereocenters. The monoisotopic (exact) mass is 322 g/mol. The van der Waals surface area contributed by atoms with Gasteiger partial charge in [0.15, 0.2) is 0 Å². The Morgan fingerprint density at radius 1 is 0.826 bits per heavy atom. The second-order valence-electron chi connectivity index (χ2n) is 6.31. The maximum atomic E-state index is 11.3. The minimum absolute atomic E-state index is 0.0949. The first-order valence-electron chi connectivity index (χ1n) is 9.72. The van der Waals surface area contributed by atoms with Crippen molar-refractivity contribution in [1.82, 2.24) is 0 Å². The molecule has 0 aromatic rings. The summed E-state index contributed by atoms with van der Waals surface area (Å²) in [6.07, 6.45) is 23.4. The van der Waals surface area contributed by atoms with Crippen molar-refractivity contribution in [3.8, 4) is 0 Å². The van der Waals surface area contributed by atoms with Gasteiger partial charge in [-0.2, -0.15) is 0 Å². The standard InChI is InChI=1S/C21H38O2/c1-3-5-6-7-8-9-10-11-12-13-14-15-16-17-18-19-21(22)23-20-4-2/h4,11-12H,2-3,5-10,13-20H2,1H3/b12-11-. The topological polar surface area (TPSA) is 26.3 Å². The molecule has 0 radical (unpaired) electrons. The summed E-state index contributed by atoms with van der Waals surface area (Å²) in [4.78, 5) is 11.3.